The van der Waals surface area contributed by atoms with E-state index in [9.17, 15) is 116 Å². The molecule has 30 atom stereocenters. The average molecular weight is 1460 g/mol. The van der Waals surface area contributed by atoms with Crippen LogP contribution in [0.3, 0.4) is 0 Å². The Kier molecular flexibility index (Phi) is 41.9. The minimum atomic E-state index is -4.82. The van der Waals surface area contributed by atoms with Gasteiger partial charge in [-0.15, -0.1) is 6.58 Å². The SMILES string of the molecule is C=CCC/C=C/C=C/C=C/CC/C=C/C(O)C(O)C1OC(C(O)C(O)C(=C)CCC(O)C2CC(O)C(O)C(C(O)C(O)/C=C(\C)CCC(O)CC(O)C(O)C(C)CC(O)CC(C)/C=C(\C)CC(O)CC(C)CC(O)C3CC(O)C(O)C(CC(O)CC(O)COS(=O)(=O)O)O3)O2)CC(O)C1O. The van der Waals surface area contributed by atoms with Crippen molar-refractivity contribution < 1.29 is 139 Å². The molecule has 28 nitrogen and oxygen atoms in total. The highest BCUT2D eigenvalue weighted by atomic mass is 32.3. The molecule has 3 aliphatic rings. The fraction of sp³-hybridized carbons (Fsp3) is 0.775. The zero-order valence-corrected chi connectivity index (χ0v) is 59.2. The second-order valence-electron chi connectivity index (χ2n) is 28.2. The highest BCUT2D eigenvalue weighted by Gasteiger charge is 2.48. The smallest absolute Gasteiger partial charge is 0.393 e. The van der Waals surface area contributed by atoms with Crippen molar-refractivity contribution in [2.75, 3.05) is 6.61 Å². The Morgan fingerprint density at radius 2 is 1.09 bits per heavy atom. The van der Waals surface area contributed by atoms with Gasteiger partial charge in [-0.2, -0.15) is 8.42 Å². The van der Waals surface area contributed by atoms with Crippen LogP contribution in [0.2, 0.25) is 0 Å². The van der Waals surface area contributed by atoms with Gasteiger partial charge in [0.2, 0.25) is 0 Å². The predicted molar refractivity (Wildman–Crippen MR) is 368 cm³/mol. The third kappa shape index (κ3) is 33.1. The van der Waals surface area contributed by atoms with Crippen molar-refractivity contribution in [2.45, 2.75) is 321 Å². The molecule has 0 saturated carbocycles. The van der Waals surface area contributed by atoms with Crippen molar-refractivity contribution in [3.63, 3.8) is 0 Å². The molecule has 3 aliphatic heterocycles. The van der Waals surface area contributed by atoms with Crippen LogP contribution in [0.15, 0.2) is 96.7 Å². The first-order chi connectivity index (χ1) is 46.8. The molecule has 0 aromatic rings. The molecule has 22 N–H and O–H groups in total. The minimum Gasteiger partial charge on any atom is -0.393 e. The van der Waals surface area contributed by atoms with Crippen LogP contribution < -0.4 is 0 Å². The molecular formula is C71H122O28S. The molecular weight excluding hydrogens is 1330 g/mol. The van der Waals surface area contributed by atoms with Crippen LogP contribution in [0.5, 0.6) is 0 Å². The standard InChI is InChI=1S/C71H122O28S/c1-8-9-10-11-12-13-14-15-16-17-18-19-20-51(78)65(88)70-68(91)57(84)37-61(99-70)69(92)63(86)43(6)22-24-50(77)58-36-56(83)67(90)71(98-58)66(89)53(80)29-39(2)21-23-45(72)33-54(81)62(85)44(7)31-47(74)27-41(4)25-40(3)26-46(73)28-42(5)30-52(79)59-35-55(82)64(87)60(97-59)34-48(75)32-49(76)38-96-100(93,94)95/h8,11-16,19-20,25,29,41-42,44-92H,1,6,9-10,17-18,21-24,26-28,30-38H2,2-5,7H3,(H,93,94,95)/b12-11+,14-13+,16-15+,20-19+,39-29+,40-25+. The van der Waals surface area contributed by atoms with Gasteiger partial charge >= 0.3 is 10.4 Å². The maximum Gasteiger partial charge on any atom is 0.397 e. The van der Waals surface area contributed by atoms with Crippen LogP contribution in [0, 0.1) is 17.8 Å². The van der Waals surface area contributed by atoms with Gasteiger partial charge in [-0.05, 0) is 121 Å². The van der Waals surface area contributed by atoms with Gasteiger partial charge in [-0.1, -0.05) is 105 Å². The van der Waals surface area contributed by atoms with E-state index >= 15 is 0 Å². The number of unbranched alkanes of at least 4 members (excludes halogenated alkanes) is 2. The number of aliphatic hydroxyl groups excluding tert-OH is 21. The topological polar surface area (TPSA) is 516 Å². The molecule has 3 saturated heterocycles. The summed E-state index contributed by atoms with van der Waals surface area (Å²) in [4.78, 5) is 0. The van der Waals surface area contributed by atoms with E-state index in [1.165, 1.54) is 12.2 Å². The quantitative estimate of drug-likeness (QED) is 0.0163. The predicted octanol–water partition coefficient (Wildman–Crippen LogP) is -0.133. The molecule has 0 aromatic carbocycles. The molecule has 3 fully saturated rings. The van der Waals surface area contributed by atoms with E-state index in [1.54, 1.807) is 19.9 Å². The van der Waals surface area contributed by atoms with Crippen LogP contribution in [0.1, 0.15) is 157 Å². The maximum absolute atomic E-state index is 11.2. The lowest BCUT2D eigenvalue weighted by atomic mass is 9.86. The fourth-order valence-electron chi connectivity index (χ4n) is 13.1. The molecule has 0 bridgehead atoms. The summed E-state index contributed by atoms with van der Waals surface area (Å²) in [7, 11) is -4.82. The summed E-state index contributed by atoms with van der Waals surface area (Å²) in [5.74, 6) is -1.02. The van der Waals surface area contributed by atoms with Crippen molar-refractivity contribution in [3.8, 4) is 0 Å². The van der Waals surface area contributed by atoms with E-state index in [0.29, 0.717) is 18.4 Å². The first-order valence-corrected chi connectivity index (χ1v) is 36.4. The molecule has 0 aromatic heterocycles. The fourth-order valence-corrected chi connectivity index (χ4v) is 13.4. The van der Waals surface area contributed by atoms with E-state index in [-0.39, 0.29) is 107 Å². The second-order valence-corrected chi connectivity index (χ2v) is 29.3. The summed E-state index contributed by atoms with van der Waals surface area (Å²) in [5, 5.41) is 228. The Balaban J connectivity index is 1.41. The minimum absolute atomic E-state index is 0.00285. The summed E-state index contributed by atoms with van der Waals surface area (Å²) in [6.45, 7) is 15.4. The van der Waals surface area contributed by atoms with Crippen molar-refractivity contribution in [1.29, 1.82) is 0 Å². The Bertz CT molecular complexity index is 2620. The van der Waals surface area contributed by atoms with Crippen molar-refractivity contribution >= 4 is 10.4 Å². The number of ether oxygens (including phenoxy) is 3. The molecule has 100 heavy (non-hydrogen) atoms. The summed E-state index contributed by atoms with van der Waals surface area (Å²) in [6, 6.07) is 0. The molecule has 0 amide bonds. The van der Waals surface area contributed by atoms with Gasteiger partial charge in [-0.3, -0.25) is 4.55 Å². The summed E-state index contributed by atoms with van der Waals surface area (Å²) < 4.78 is 51.9. The lowest BCUT2D eigenvalue weighted by molar-refractivity contribution is -0.234. The van der Waals surface area contributed by atoms with Crippen molar-refractivity contribution in [3.05, 3.63) is 96.7 Å². The molecule has 3 rings (SSSR count). The van der Waals surface area contributed by atoms with Gasteiger partial charge in [0.25, 0.3) is 0 Å². The van der Waals surface area contributed by atoms with Crippen LogP contribution >= 0.6 is 0 Å². The van der Waals surface area contributed by atoms with Gasteiger partial charge in [0.1, 0.15) is 67.1 Å². The average Bonchev–Trinajstić information content (AvgIpc) is 0.814. The number of hydrogen-bond acceptors (Lipinski definition) is 27. The van der Waals surface area contributed by atoms with Crippen molar-refractivity contribution in [2.24, 2.45) is 17.8 Å². The molecule has 0 radical (unpaired) electrons. The highest BCUT2D eigenvalue weighted by molar-refractivity contribution is 7.80. The summed E-state index contributed by atoms with van der Waals surface area (Å²) >= 11 is 0. The van der Waals surface area contributed by atoms with E-state index < -0.39 is 194 Å². The highest BCUT2D eigenvalue weighted by Crippen LogP contribution is 2.34. The second kappa shape index (κ2) is 46.0. The third-order valence-corrected chi connectivity index (χ3v) is 19.2. The van der Waals surface area contributed by atoms with Crippen molar-refractivity contribution in [1.82, 2.24) is 0 Å². The van der Waals surface area contributed by atoms with E-state index in [4.69, 9.17) is 18.8 Å². The Labute approximate surface area is 589 Å². The zero-order valence-electron chi connectivity index (χ0n) is 58.4. The Hall–Kier alpha value is -3.17. The van der Waals surface area contributed by atoms with Crippen LogP contribution in [0.25, 0.3) is 0 Å². The van der Waals surface area contributed by atoms with Crippen LogP contribution in [0.4, 0.5) is 0 Å². The van der Waals surface area contributed by atoms with Gasteiger partial charge in [-0.25, -0.2) is 4.18 Å². The van der Waals surface area contributed by atoms with Gasteiger partial charge in [0.15, 0.2) is 0 Å². The third-order valence-electron chi connectivity index (χ3n) is 18.8. The van der Waals surface area contributed by atoms with E-state index in [0.717, 1.165) is 18.4 Å². The Morgan fingerprint density at radius 1 is 0.540 bits per heavy atom. The summed E-state index contributed by atoms with van der Waals surface area (Å²) in [5.41, 5.74) is 1.29. The number of aliphatic hydroxyl groups is 21. The Morgan fingerprint density at radius 3 is 1.69 bits per heavy atom. The first kappa shape index (κ1) is 91.0. The lowest BCUT2D eigenvalue weighted by Crippen LogP contribution is -2.59. The molecule has 580 valence electrons. The van der Waals surface area contributed by atoms with Gasteiger partial charge < -0.3 is 121 Å². The summed E-state index contributed by atoms with van der Waals surface area (Å²) in [6.07, 6.45) is -16.6. The molecule has 30 unspecified atom stereocenters. The zero-order chi connectivity index (χ0) is 75.3. The van der Waals surface area contributed by atoms with E-state index in [1.807, 2.05) is 69.4 Å². The van der Waals surface area contributed by atoms with Gasteiger partial charge in [0, 0.05) is 38.5 Å². The lowest BCUT2D eigenvalue weighted by Gasteiger charge is -2.42. The van der Waals surface area contributed by atoms with Crippen LogP contribution in [-0.2, 0) is 28.8 Å². The monoisotopic (exact) mass is 1450 g/mol. The number of hydrogen-bond donors (Lipinski definition) is 22. The normalized spacial score (nSPS) is 30.2. The number of allylic oxidation sites excluding steroid dienone is 10. The van der Waals surface area contributed by atoms with Gasteiger partial charge in [0.05, 0.1) is 104 Å². The maximum atomic E-state index is 11.2. The molecule has 29 heteroatoms. The largest absolute Gasteiger partial charge is 0.397 e. The molecule has 3 heterocycles. The first-order valence-electron chi connectivity index (χ1n) is 35.0. The molecule has 0 spiro atoms. The van der Waals surface area contributed by atoms with E-state index in [2.05, 4.69) is 17.3 Å². The molecule has 0 aliphatic carbocycles. The number of rotatable bonds is 47. The van der Waals surface area contributed by atoms with Crippen LogP contribution in [-0.4, -0.2) is 292 Å².